The van der Waals surface area contributed by atoms with Crippen molar-refractivity contribution in [3.05, 3.63) is 200 Å². The minimum absolute atomic E-state index is 0.632. The van der Waals surface area contributed by atoms with Crippen LogP contribution in [-0.4, -0.2) is 15.0 Å². The van der Waals surface area contributed by atoms with Crippen LogP contribution in [0.25, 0.3) is 111 Å². The van der Waals surface area contributed by atoms with Crippen LogP contribution in [0, 0.1) is 11.3 Å². The Morgan fingerprint density at radius 3 is 1.34 bits per heavy atom. The Balaban J connectivity index is 1.09. The average Bonchev–Trinajstić information content (AvgIpc) is 3.63. The van der Waals surface area contributed by atoms with E-state index in [9.17, 15) is 5.26 Å². The summed E-state index contributed by atoms with van der Waals surface area (Å²) >= 11 is 0. The molecule has 0 unspecified atom stereocenters. The highest BCUT2D eigenvalue weighted by molar-refractivity contribution is 6.22. The Morgan fingerprint density at radius 1 is 0.293 bits per heavy atom. The third kappa shape index (κ3) is 5.65. The van der Waals surface area contributed by atoms with E-state index in [4.69, 9.17) is 15.0 Å². The van der Waals surface area contributed by atoms with Crippen LogP contribution in [-0.2, 0) is 0 Å². The molecule has 9 aromatic carbocycles. The molecule has 0 spiro atoms. The van der Waals surface area contributed by atoms with Crippen LogP contribution < -0.4 is 0 Å². The fourth-order valence-corrected chi connectivity index (χ4v) is 8.47. The highest BCUT2D eigenvalue weighted by Gasteiger charge is 2.25. The molecule has 0 amide bonds. The van der Waals surface area contributed by atoms with Crippen molar-refractivity contribution >= 4 is 21.5 Å². The van der Waals surface area contributed by atoms with E-state index >= 15 is 0 Å². The van der Waals surface area contributed by atoms with Crippen molar-refractivity contribution in [3.8, 4) is 95.9 Å². The average molecular weight is 737 g/mol. The van der Waals surface area contributed by atoms with Gasteiger partial charge in [0.1, 0.15) is 0 Å². The molecule has 1 aliphatic rings. The van der Waals surface area contributed by atoms with Gasteiger partial charge in [0.25, 0.3) is 0 Å². The maximum Gasteiger partial charge on any atom is 0.164 e. The fourth-order valence-electron chi connectivity index (χ4n) is 8.47. The van der Waals surface area contributed by atoms with Crippen LogP contribution in [0.5, 0.6) is 0 Å². The number of hydrogen-bond donors (Lipinski definition) is 0. The number of fused-ring (bicyclic) bond motifs is 4. The van der Waals surface area contributed by atoms with Gasteiger partial charge in [0.05, 0.1) is 11.6 Å². The molecule has 58 heavy (non-hydrogen) atoms. The van der Waals surface area contributed by atoms with Crippen LogP contribution in [0.15, 0.2) is 194 Å². The monoisotopic (exact) mass is 736 g/mol. The Morgan fingerprint density at radius 2 is 0.741 bits per heavy atom. The van der Waals surface area contributed by atoms with Gasteiger partial charge in [0, 0.05) is 16.7 Å². The van der Waals surface area contributed by atoms with Crippen molar-refractivity contribution in [1.82, 2.24) is 15.0 Å². The van der Waals surface area contributed by atoms with E-state index < -0.39 is 0 Å². The zero-order valence-corrected chi connectivity index (χ0v) is 31.3. The summed E-state index contributed by atoms with van der Waals surface area (Å²) in [5, 5.41) is 14.1. The molecule has 0 saturated heterocycles. The summed E-state index contributed by atoms with van der Waals surface area (Å²) in [6.45, 7) is 0. The molecule has 0 atom stereocenters. The van der Waals surface area contributed by atoms with Crippen LogP contribution >= 0.6 is 0 Å². The molecule has 268 valence electrons. The first-order valence-corrected chi connectivity index (χ1v) is 19.4. The molecule has 0 N–H and O–H groups in total. The smallest absolute Gasteiger partial charge is 0.164 e. The van der Waals surface area contributed by atoms with Crippen LogP contribution in [0.4, 0.5) is 0 Å². The van der Waals surface area contributed by atoms with Gasteiger partial charge in [-0.05, 0) is 108 Å². The molecule has 11 rings (SSSR count). The molecule has 4 nitrogen and oxygen atoms in total. The topological polar surface area (TPSA) is 62.5 Å². The van der Waals surface area contributed by atoms with Crippen molar-refractivity contribution in [2.24, 2.45) is 0 Å². The van der Waals surface area contributed by atoms with Gasteiger partial charge >= 0.3 is 0 Å². The third-order valence-electron chi connectivity index (χ3n) is 11.3. The molecule has 10 aromatic rings. The lowest BCUT2D eigenvalue weighted by atomic mass is 9.87. The summed E-state index contributed by atoms with van der Waals surface area (Å²) in [5.41, 5.74) is 15.3. The van der Waals surface area contributed by atoms with Crippen molar-refractivity contribution < 1.29 is 0 Å². The van der Waals surface area contributed by atoms with Crippen LogP contribution in [0.3, 0.4) is 0 Å². The normalized spacial score (nSPS) is 11.4. The number of aromatic nitrogens is 3. The highest BCUT2D eigenvalue weighted by Crippen LogP contribution is 2.52. The Labute approximate surface area is 336 Å². The summed E-state index contributed by atoms with van der Waals surface area (Å²) in [6, 6.07) is 70.1. The second kappa shape index (κ2) is 13.6. The van der Waals surface area contributed by atoms with E-state index in [1.807, 2.05) is 84.9 Å². The zero-order valence-electron chi connectivity index (χ0n) is 31.3. The Hall–Kier alpha value is -8.00. The molecule has 1 aliphatic carbocycles. The fraction of sp³-hybridized carbons (Fsp3) is 0. The van der Waals surface area contributed by atoms with E-state index in [1.54, 1.807) is 0 Å². The predicted octanol–water partition coefficient (Wildman–Crippen LogP) is 13.7. The number of benzene rings is 9. The SMILES string of the molecule is N#Cc1ccc(-c2cccc(-c3ccc4c5c(ccc(-c6ccc7ccc(-c8nc(-c9ccccc9)nc(-c9ccccc9)n8)cc7c6)c35)-c3ccccc3-4)c2)cc1. The van der Waals surface area contributed by atoms with Gasteiger partial charge < -0.3 is 0 Å². The second-order valence-electron chi connectivity index (χ2n) is 14.7. The molecule has 1 aromatic heterocycles. The predicted molar refractivity (Wildman–Crippen MR) is 237 cm³/mol. The van der Waals surface area contributed by atoms with E-state index in [0.29, 0.717) is 23.0 Å². The third-order valence-corrected chi connectivity index (χ3v) is 11.3. The lowest BCUT2D eigenvalue weighted by molar-refractivity contribution is 1.07. The van der Waals surface area contributed by atoms with Gasteiger partial charge in [-0.1, -0.05) is 164 Å². The molecule has 4 heteroatoms. The van der Waals surface area contributed by atoms with Gasteiger partial charge in [0.2, 0.25) is 0 Å². The van der Waals surface area contributed by atoms with Crippen LogP contribution in [0.2, 0.25) is 0 Å². The van der Waals surface area contributed by atoms with E-state index in [2.05, 4.69) is 115 Å². The summed E-state index contributed by atoms with van der Waals surface area (Å²) in [6.07, 6.45) is 0. The minimum atomic E-state index is 0.632. The Kier molecular flexibility index (Phi) is 7.84. The number of nitrogens with zero attached hydrogens (tertiary/aromatic N) is 4. The maximum atomic E-state index is 9.39. The summed E-state index contributed by atoms with van der Waals surface area (Å²) in [7, 11) is 0. The lowest BCUT2D eigenvalue weighted by Crippen LogP contribution is -2.00. The van der Waals surface area contributed by atoms with Crippen molar-refractivity contribution in [1.29, 1.82) is 5.26 Å². The number of hydrogen-bond acceptors (Lipinski definition) is 4. The standard InChI is InChI=1S/C54H32N4/c55-33-34-18-20-35(21-19-34)39-14-9-15-40(30-39)44-26-28-48-46-16-7-8-17-47(46)49-29-27-45(50(44)51(48)49)41-24-22-36-23-25-42(32-43(36)31-41)54-57-52(37-10-3-1-4-11-37)56-53(58-54)38-12-5-2-6-13-38/h1-32H. The number of nitriles is 1. The first kappa shape index (κ1) is 33.3. The van der Waals surface area contributed by atoms with Gasteiger partial charge in [-0.15, -0.1) is 0 Å². The Bertz CT molecular complexity index is 3190. The molecule has 0 aliphatic heterocycles. The van der Waals surface area contributed by atoms with E-state index in [1.165, 1.54) is 44.2 Å². The largest absolute Gasteiger partial charge is 0.208 e. The highest BCUT2D eigenvalue weighted by atomic mass is 15.0. The number of rotatable bonds is 6. The molecule has 0 saturated carbocycles. The molecular weight excluding hydrogens is 705 g/mol. The maximum absolute atomic E-state index is 9.39. The first-order chi connectivity index (χ1) is 28.7. The van der Waals surface area contributed by atoms with Crippen molar-refractivity contribution in [2.75, 3.05) is 0 Å². The zero-order chi connectivity index (χ0) is 38.6. The summed E-state index contributed by atoms with van der Waals surface area (Å²) in [5.74, 6) is 1.92. The molecule has 0 fully saturated rings. The van der Waals surface area contributed by atoms with Crippen molar-refractivity contribution in [2.45, 2.75) is 0 Å². The first-order valence-electron chi connectivity index (χ1n) is 19.4. The summed E-state index contributed by atoms with van der Waals surface area (Å²) < 4.78 is 0. The van der Waals surface area contributed by atoms with Crippen LogP contribution in [0.1, 0.15) is 5.56 Å². The van der Waals surface area contributed by atoms with Gasteiger partial charge in [-0.2, -0.15) is 5.26 Å². The lowest BCUT2D eigenvalue weighted by Gasteiger charge is -2.16. The summed E-state index contributed by atoms with van der Waals surface area (Å²) in [4.78, 5) is 14.9. The molecule has 1 heterocycles. The van der Waals surface area contributed by atoms with Crippen molar-refractivity contribution in [3.63, 3.8) is 0 Å². The van der Waals surface area contributed by atoms with E-state index in [-0.39, 0.29) is 0 Å². The molecule has 0 radical (unpaired) electrons. The second-order valence-corrected chi connectivity index (χ2v) is 14.7. The quantitative estimate of drug-likeness (QED) is 0.170. The van der Waals surface area contributed by atoms with Gasteiger partial charge in [-0.3, -0.25) is 0 Å². The molecular formula is C54H32N4. The van der Waals surface area contributed by atoms with Gasteiger partial charge in [0.15, 0.2) is 17.5 Å². The van der Waals surface area contributed by atoms with E-state index in [0.717, 1.165) is 49.7 Å². The van der Waals surface area contributed by atoms with Gasteiger partial charge in [-0.25, -0.2) is 15.0 Å². The minimum Gasteiger partial charge on any atom is -0.208 e. The molecule has 0 bridgehead atoms.